The van der Waals surface area contributed by atoms with Crippen LogP contribution in [0.15, 0.2) is 61.1 Å². The van der Waals surface area contributed by atoms with E-state index in [0.717, 1.165) is 5.82 Å². The van der Waals surface area contributed by atoms with E-state index in [2.05, 4.69) is 36.8 Å². The Labute approximate surface area is 188 Å². The Hall–Kier alpha value is -4.29. The molecule has 158 valence electrons. The third-order valence-corrected chi connectivity index (χ3v) is 4.95. The summed E-state index contributed by atoms with van der Waals surface area (Å²) >= 11 is 6.02. The molecule has 1 aromatic carbocycles. The maximum atomic E-state index is 12.4. The van der Waals surface area contributed by atoms with Crippen molar-refractivity contribution in [3.8, 4) is 17.3 Å². The molecule has 0 aliphatic rings. The highest BCUT2D eigenvalue weighted by molar-refractivity contribution is 6.30. The number of nitrogens with one attached hydrogen (secondary N) is 2. The number of halogens is 1. The molecular formula is C22H17ClN8O. The highest BCUT2D eigenvalue weighted by atomic mass is 35.5. The van der Waals surface area contributed by atoms with Crippen molar-refractivity contribution in [2.24, 2.45) is 7.05 Å². The Balaban J connectivity index is 1.53. The molecule has 3 aromatic heterocycles. The molecule has 0 aliphatic heterocycles. The number of nitrogens with zero attached hydrogens (tertiary/aromatic N) is 6. The molecule has 0 saturated heterocycles. The quantitative estimate of drug-likeness (QED) is 0.434. The van der Waals surface area contributed by atoms with E-state index in [1.165, 1.54) is 0 Å². The van der Waals surface area contributed by atoms with Crippen LogP contribution < -0.4 is 10.6 Å². The summed E-state index contributed by atoms with van der Waals surface area (Å²) in [6.45, 7) is 0. The number of rotatable bonds is 6. The molecule has 0 radical (unpaired) electrons. The minimum absolute atomic E-state index is 0.0498. The summed E-state index contributed by atoms with van der Waals surface area (Å²) in [5.41, 5.74) is 2.67. The van der Waals surface area contributed by atoms with E-state index >= 15 is 0 Å². The lowest BCUT2D eigenvalue weighted by molar-refractivity contribution is -0.115. The van der Waals surface area contributed by atoms with Crippen LogP contribution >= 0.6 is 11.6 Å². The Morgan fingerprint density at radius 3 is 2.78 bits per heavy atom. The molecule has 9 nitrogen and oxygen atoms in total. The lowest BCUT2D eigenvalue weighted by Gasteiger charge is -2.10. The molecule has 0 fully saturated rings. The van der Waals surface area contributed by atoms with E-state index in [4.69, 9.17) is 11.6 Å². The number of pyridine rings is 1. The topological polar surface area (TPSA) is 121 Å². The number of amides is 1. The first-order valence-electron chi connectivity index (χ1n) is 9.55. The molecular weight excluding hydrogens is 428 g/mol. The number of benzene rings is 1. The number of carbonyl (C=O) groups is 1. The van der Waals surface area contributed by atoms with E-state index in [0.29, 0.717) is 34.0 Å². The number of anilines is 3. The van der Waals surface area contributed by atoms with Gasteiger partial charge in [-0.05, 0) is 29.8 Å². The predicted molar refractivity (Wildman–Crippen MR) is 120 cm³/mol. The van der Waals surface area contributed by atoms with Gasteiger partial charge in [-0.1, -0.05) is 23.7 Å². The summed E-state index contributed by atoms with van der Waals surface area (Å²) in [6.07, 6.45) is 4.90. The van der Waals surface area contributed by atoms with Crippen molar-refractivity contribution in [2.45, 2.75) is 6.42 Å². The van der Waals surface area contributed by atoms with E-state index in [-0.39, 0.29) is 17.5 Å². The molecule has 1 amide bonds. The van der Waals surface area contributed by atoms with Gasteiger partial charge < -0.3 is 10.6 Å². The van der Waals surface area contributed by atoms with Crippen LogP contribution in [0.3, 0.4) is 0 Å². The zero-order valence-electron chi connectivity index (χ0n) is 17.0. The maximum absolute atomic E-state index is 12.4. The zero-order valence-corrected chi connectivity index (χ0v) is 17.7. The van der Waals surface area contributed by atoms with Crippen molar-refractivity contribution in [1.29, 1.82) is 5.26 Å². The molecule has 32 heavy (non-hydrogen) atoms. The van der Waals surface area contributed by atoms with Gasteiger partial charge >= 0.3 is 0 Å². The lowest BCUT2D eigenvalue weighted by Crippen LogP contribution is -2.15. The van der Waals surface area contributed by atoms with Gasteiger partial charge in [0.15, 0.2) is 0 Å². The number of nitriles is 1. The summed E-state index contributed by atoms with van der Waals surface area (Å²) in [4.78, 5) is 25.1. The summed E-state index contributed by atoms with van der Waals surface area (Å²) in [5.74, 6) is 0.843. The van der Waals surface area contributed by atoms with Gasteiger partial charge in [0, 0.05) is 31.1 Å². The van der Waals surface area contributed by atoms with Gasteiger partial charge in [0.25, 0.3) is 0 Å². The average Bonchev–Trinajstić information content (AvgIpc) is 3.20. The minimum Gasteiger partial charge on any atom is -0.325 e. The Morgan fingerprint density at radius 2 is 2.03 bits per heavy atom. The van der Waals surface area contributed by atoms with Gasteiger partial charge in [0.1, 0.15) is 17.0 Å². The normalized spacial score (nSPS) is 10.4. The van der Waals surface area contributed by atoms with E-state index in [1.807, 2.05) is 0 Å². The zero-order chi connectivity index (χ0) is 22.5. The van der Waals surface area contributed by atoms with E-state index < -0.39 is 0 Å². The molecule has 0 saturated carbocycles. The highest BCUT2D eigenvalue weighted by Gasteiger charge is 2.12. The first kappa shape index (κ1) is 21.0. The van der Waals surface area contributed by atoms with Crippen molar-refractivity contribution in [3.05, 3.63) is 77.3 Å². The molecule has 4 rings (SSSR count). The second-order valence-electron chi connectivity index (χ2n) is 6.78. The molecule has 0 spiro atoms. The Morgan fingerprint density at radius 1 is 1.16 bits per heavy atom. The van der Waals surface area contributed by atoms with Gasteiger partial charge in [-0.25, -0.2) is 15.0 Å². The molecule has 0 unspecified atom stereocenters. The van der Waals surface area contributed by atoms with Crippen LogP contribution in [0, 0.1) is 11.3 Å². The summed E-state index contributed by atoms with van der Waals surface area (Å²) in [6, 6.07) is 14.2. The van der Waals surface area contributed by atoms with Crippen LogP contribution in [0.5, 0.6) is 0 Å². The van der Waals surface area contributed by atoms with Gasteiger partial charge in [-0.3, -0.25) is 9.48 Å². The highest BCUT2D eigenvalue weighted by Crippen LogP contribution is 2.25. The monoisotopic (exact) mass is 444 g/mol. The fourth-order valence-corrected chi connectivity index (χ4v) is 3.20. The third-order valence-electron chi connectivity index (χ3n) is 4.61. The minimum atomic E-state index is -0.297. The van der Waals surface area contributed by atoms with E-state index in [9.17, 15) is 10.1 Å². The summed E-state index contributed by atoms with van der Waals surface area (Å²) < 4.78 is 1.67. The molecule has 0 atom stereocenters. The first-order valence-corrected chi connectivity index (χ1v) is 9.93. The molecule has 2 N–H and O–H groups in total. The summed E-state index contributed by atoms with van der Waals surface area (Å²) in [7, 11) is 1.81. The SMILES string of the molecule is Cn1nccc1Nc1nccc(-c2ccc(NC(=O)Cc3cccnc3Cl)c(C#N)c2)n1. The van der Waals surface area contributed by atoms with Gasteiger partial charge in [0.2, 0.25) is 11.9 Å². The van der Waals surface area contributed by atoms with Crippen LogP contribution in [0.2, 0.25) is 5.15 Å². The molecule has 4 aromatic rings. The smallest absolute Gasteiger partial charge is 0.228 e. The molecule has 3 heterocycles. The first-order chi connectivity index (χ1) is 15.5. The number of aryl methyl sites for hydroxylation is 1. The van der Waals surface area contributed by atoms with Crippen LogP contribution in [-0.2, 0) is 18.3 Å². The maximum Gasteiger partial charge on any atom is 0.228 e. The van der Waals surface area contributed by atoms with E-state index in [1.54, 1.807) is 72.8 Å². The number of hydrogen-bond donors (Lipinski definition) is 2. The van der Waals surface area contributed by atoms with Crippen LogP contribution in [-0.4, -0.2) is 30.6 Å². The summed E-state index contributed by atoms with van der Waals surface area (Å²) in [5, 5.41) is 19.8. The van der Waals surface area contributed by atoms with Crippen LogP contribution in [0.1, 0.15) is 11.1 Å². The predicted octanol–water partition coefficient (Wildman–Crippen LogP) is 3.72. The van der Waals surface area contributed by atoms with Crippen molar-refractivity contribution < 1.29 is 4.79 Å². The van der Waals surface area contributed by atoms with Gasteiger partial charge in [-0.2, -0.15) is 10.4 Å². The van der Waals surface area contributed by atoms with Crippen molar-refractivity contribution in [2.75, 3.05) is 10.6 Å². The second kappa shape index (κ2) is 9.24. The average molecular weight is 445 g/mol. The molecule has 10 heteroatoms. The number of hydrogen-bond acceptors (Lipinski definition) is 7. The fourth-order valence-electron chi connectivity index (χ4n) is 3.01. The van der Waals surface area contributed by atoms with Crippen molar-refractivity contribution >= 4 is 35.0 Å². The number of carbonyl (C=O) groups excluding carboxylic acids is 1. The van der Waals surface area contributed by atoms with Crippen molar-refractivity contribution in [3.63, 3.8) is 0 Å². The molecule has 0 aliphatic carbocycles. The Kier molecular flexibility index (Phi) is 6.05. The fraction of sp³-hybridized carbons (Fsp3) is 0.0909. The van der Waals surface area contributed by atoms with Gasteiger partial charge in [0.05, 0.1) is 29.6 Å². The number of aromatic nitrogens is 5. The van der Waals surface area contributed by atoms with Gasteiger partial charge in [-0.15, -0.1) is 0 Å². The Bertz CT molecular complexity index is 1330. The van der Waals surface area contributed by atoms with Crippen LogP contribution in [0.25, 0.3) is 11.3 Å². The third kappa shape index (κ3) is 4.71. The largest absolute Gasteiger partial charge is 0.325 e. The molecule has 0 bridgehead atoms. The van der Waals surface area contributed by atoms with Crippen molar-refractivity contribution in [1.82, 2.24) is 24.7 Å². The standard InChI is InChI=1S/C22H17ClN8O/c1-31-19(7-10-27-31)30-22-26-9-6-18(29-22)14-4-5-17(16(11-14)13-24)28-20(32)12-15-3-2-8-25-21(15)23/h2-11H,12H2,1H3,(H,28,32)(H,26,29,30). The van der Waals surface area contributed by atoms with Crippen LogP contribution in [0.4, 0.5) is 17.5 Å². The lowest BCUT2D eigenvalue weighted by atomic mass is 10.1. The second-order valence-corrected chi connectivity index (χ2v) is 7.14.